The quantitative estimate of drug-likeness (QED) is 0.435. The van der Waals surface area contributed by atoms with Gasteiger partial charge in [0.05, 0.1) is 16.8 Å². The third-order valence-electron chi connectivity index (χ3n) is 2.81. The summed E-state index contributed by atoms with van der Waals surface area (Å²) in [5, 5.41) is 0. The predicted octanol–water partition coefficient (Wildman–Crippen LogP) is 5.36. The molecule has 0 aromatic rings. The molecule has 0 rings (SSSR count). The average molecular weight is 260 g/mol. The van der Waals surface area contributed by atoms with E-state index in [1.165, 1.54) is 6.20 Å². The molecule has 0 N–H and O–H groups in total. The molecular weight excluding hydrogens is 232 g/mol. The highest BCUT2D eigenvalue weighted by Crippen LogP contribution is 2.34. The topological polar surface area (TPSA) is 24.7 Å². The van der Waals surface area contributed by atoms with Crippen LogP contribution in [-0.2, 0) is 0 Å². The Morgan fingerprint density at radius 3 is 2.11 bits per heavy atom. The van der Waals surface area contributed by atoms with Gasteiger partial charge in [0.25, 0.3) is 0 Å². The minimum atomic E-state index is -0.267. The van der Waals surface area contributed by atoms with Crippen molar-refractivity contribution >= 4 is 11.9 Å². The van der Waals surface area contributed by atoms with Crippen LogP contribution in [0.15, 0.2) is 59.8 Å². The first kappa shape index (κ1) is 19.6. The summed E-state index contributed by atoms with van der Waals surface area (Å²) in [7, 11) is 0. The first-order valence-corrected chi connectivity index (χ1v) is 6.74. The van der Waals surface area contributed by atoms with Crippen molar-refractivity contribution in [2.75, 3.05) is 0 Å². The molecule has 0 bridgehead atoms. The number of nitrogens with zero attached hydrogens (tertiary/aromatic N) is 2. The SMILES string of the molecule is C=C/C=C(\N=CC)C(C)(CC)C(C=C)=NC=C.CC. The van der Waals surface area contributed by atoms with Crippen LogP contribution in [0, 0.1) is 5.41 Å². The summed E-state index contributed by atoms with van der Waals surface area (Å²) in [6.45, 7) is 21.3. The molecule has 0 amide bonds. The van der Waals surface area contributed by atoms with Crippen LogP contribution >= 0.6 is 0 Å². The fourth-order valence-corrected chi connectivity index (χ4v) is 1.63. The van der Waals surface area contributed by atoms with Crippen molar-refractivity contribution < 1.29 is 0 Å². The van der Waals surface area contributed by atoms with Gasteiger partial charge in [0.1, 0.15) is 0 Å². The monoisotopic (exact) mass is 260 g/mol. The van der Waals surface area contributed by atoms with E-state index >= 15 is 0 Å². The lowest BCUT2D eigenvalue weighted by atomic mass is 9.78. The van der Waals surface area contributed by atoms with Gasteiger partial charge >= 0.3 is 0 Å². The van der Waals surface area contributed by atoms with Crippen molar-refractivity contribution in [3.63, 3.8) is 0 Å². The summed E-state index contributed by atoms with van der Waals surface area (Å²) in [5.74, 6) is 0. The van der Waals surface area contributed by atoms with E-state index in [1.54, 1.807) is 18.4 Å². The lowest BCUT2D eigenvalue weighted by Crippen LogP contribution is -2.27. The zero-order valence-electron chi connectivity index (χ0n) is 13.1. The van der Waals surface area contributed by atoms with Crippen molar-refractivity contribution in [2.24, 2.45) is 15.4 Å². The molecule has 1 atom stereocenters. The summed E-state index contributed by atoms with van der Waals surface area (Å²) < 4.78 is 0. The van der Waals surface area contributed by atoms with E-state index in [0.29, 0.717) is 0 Å². The Hall–Kier alpha value is -1.70. The molecule has 0 aliphatic heterocycles. The van der Waals surface area contributed by atoms with Crippen LogP contribution in [0.25, 0.3) is 0 Å². The fraction of sp³-hybridized carbons (Fsp3) is 0.412. The molecule has 0 aromatic heterocycles. The number of aliphatic imine (C=N–C) groups is 2. The van der Waals surface area contributed by atoms with Crippen LogP contribution in [0.5, 0.6) is 0 Å². The van der Waals surface area contributed by atoms with Crippen molar-refractivity contribution in [3.05, 3.63) is 49.9 Å². The third-order valence-corrected chi connectivity index (χ3v) is 2.81. The van der Waals surface area contributed by atoms with Crippen LogP contribution in [0.4, 0.5) is 0 Å². The highest BCUT2D eigenvalue weighted by atomic mass is 14.8. The summed E-state index contributed by atoms with van der Waals surface area (Å²) in [5.41, 5.74) is 1.53. The van der Waals surface area contributed by atoms with Gasteiger partial charge in [0.15, 0.2) is 0 Å². The van der Waals surface area contributed by atoms with Crippen LogP contribution in [0.2, 0.25) is 0 Å². The van der Waals surface area contributed by atoms with Crippen LogP contribution in [0.1, 0.15) is 41.0 Å². The molecule has 0 heterocycles. The normalized spacial score (nSPS) is 15.2. The van der Waals surface area contributed by atoms with Gasteiger partial charge in [-0.05, 0) is 32.4 Å². The Kier molecular flexibility index (Phi) is 11.8. The Morgan fingerprint density at radius 2 is 1.79 bits per heavy atom. The lowest BCUT2D eigenvalue weighted by Gasteiger charge is -2.29. The zero-order valence-corrected chi connectivity index (χ0v) is 13.1. The van der Waals surface area contributed by atoms with E-state index in [9.17, 15) is 0 Å². The van der Waals surface area contributed by atoms with Gasteiger partial charge in [0.2, 0.25) is 0 Å². The molecule has 0 fully saturated rings. The maximum Gasteiger partial charge on any atom is 0.0517 e. The highest BCUT2D eigenvalue weighted by Gasteiger charge is 2.30. The second kappa shape index (κ2) is 11.4. The van der Waals surface area contributed by atoms with E-state index < -0.39 is 0 Å². The van der Waals surface area contributed by atoms with Crippen LogP contribution in [-0.4, -0.2) is 11.9 Å². The number of hydrogen-bond acceptors (Lipinski definition) is 2. The first-order chi connectivity index (χ1) is 9.10. The second-order valence-corrected chi connectivity index (χ2v) is 3.76. The molecule has 0 spiro atoms. The van der Waals surface area contributed by atoms with E-state index in [0.717, 1.165) is 17.8 Å². The standard InChI is InChI=1S/C15H22N2.C2H6/c1-7-12-14(17-11-5)15(6,9-3)13(8-2)16-10-4;1-2/h7-8,10-12H,1-2,4,9H2,3,5-6H3;1-2H3/b14-12-,16-13?,17-11?;. The molecule has 0 aromatic carbocycles. The van der Waals surface area contributed by atoms with E-state index in [-0.39, 0.29) is 5.41 Å². The van der Waals surface area contributed by atoms with Gasteiger partial charge in [-0.3, -0.25) is 9.98 Å². The van der Waals surface area contributed by atoms with Crippen molar-refractivity contribution in [1.82, 2.24) is 0 Å². The number of hydrogen-bond donors (Lipinski definition) is 0. The minimum Gasteiger partial charge on any atom is -0.265 e. The molecule has 0 aliphatic rings. The Morgan fingerprint density at radius 1 is 1.21 bits per heavy atom. The van der Waals surface area contributed by atoms with E-state index in [4.69, 9.17) is 0 Å². The first-order valence-electron chi connectivity index (χ1n) is 6.74. The minimum absolute atomic E-state index is 0.267. The molecule has 106 valence electrons. The van der Waals surface area contributed by atoms with Gasteiger partial charge in [0, 0.05) is 12.4 Å². The molecule has 0 radical (unpaired) electrons. The molecular formula is C17H28N2. The molecule has 0 saturated carbocycles. The fourth-order valence-electron chi connectivity index (χ4n) is 1.63. The van der Waals surface area contributed by atoms with Gasteiger partial charge in [-0.2, -0.15) is 0 Å². The van der Waals surface area contributed by atoms with Crippen molar-refractivity contribution in [1.29, 1.82) is 0 Å². The largest absolute Gasteiger partial charge is 0.265 e. The van der Waals surface area contributed by atoms with Crippen LogP contribution < -0.4 is 0 Å². The average Bonchev–Trinajstić information content (AvgIpc) is 2.45. The smallest absolute Gasteiger partial charge is 0.0517 e. The van der Waals surface area contributed by atoms with Gasteiger partial charge in [-0.25, -0.2) is 0 Å². The van der Waals surface area contributed by atoms with Gasteiger partial charge in [-0.15, -0.1) is 0 Å². The van der Waals surface area contributed by atoms with Crippen molar-refractivity contribution in [3.8, 4) is 0 Å². The molecule has 2 heteroatoms. The summed E-state index contributed by atoms with van der Waals surface area (Å²) >= 11 is 0. The number of rotatable bonds is 7. The van der Waals surface area contributed by atoms with Gasteiger partial charge in [-0.1, -0.05) is 46.6 Å². The molecule has 0 aliphatic carbocycles. The second-order valence-electron chi connectivity index (χ2n) is 3.76. The zero-order chi connectivity index (χ0) is 15.3. The Bertz CT molecular complexity index is 373. The Labute approximate surface area is 119 Å². The third kappa shape index (κ3) is 5.64. The highest BCUT2D eigenvalue weighted by molar-refractivity contribution is 6.01. The van der Waals surface area contributed by atoms with Gasteiger partial charge < -0.3 is 0 Å². The van der Waals surface area contributed by atoms with Crippen molar-refractivity contribution in [2.45, 2.75) is 41.0 Å². The van der Waals surface area contributed by atoms with Crippen LogP contribution in [0.3, 0.4) is 0 Å². The molecule has 19 heavy (non-hydrogen) atoms. The lowest BCUT2D eigenvalue weighted by molar-refractivity contribution is 0.532. The van der Waals surface area contributed by atoms with E-state index in [1.807, 2.05) is 26.8 Å². The summed E-state index contributed by atoms with van der Waals surface area (Å²) in [6.07, 6.45) is 9.59. The molecule has 2 nitrogen and oxygen atoms in total. The summed E-state index contributed by atoms with van der Waals surface area (Å²) in [4.78, 5) is 8.69. The maximum absolute atomic E-state index is 4.41. The predicted molar refractivity (Wildman–Crippen MR) is 90.0 cm³/mol. The molecule has 0 saturated heterocycles. The summed E-state index contributed by atoms with van der Waals surface area (Å²) in [6, 6.07) is 0. The maximum atomic E-state index is 4.41. The molecule has 1 unspecified atom stereocenters. The Balaban J connectivity index is 0. The van der Waals surface area contributed by atoms with E-state index in [2.05, 4.69) is 43.6 Å². The number of allylic oxidation sites excluding steroid dienone is 4.